The van der Waals surface area contributed by atoms with Crippen LogP contribution < -0.4 is 10.9 Å². The van der Waals surface area contributed by atoms with E-state index in [1.165, 1.54) is 4.68 Å². The molecule has 1 aromatic heterocycles. The molecule has 18 heavy (non-hydrogen) atoms. The van der Waals surface area contributed by atoms with Gasteiger partial charge in [-0.15, -0.1) is 0 Å². The molecule has 1 unspecified atom stereocenters. The van der Waals surface area contributed by atoms with Gasteiger partial charge in [0.25, 0.3) is 5.56 Å². The molecular formula is C12H20BrN3O2. The van der Waals surface area contributed by atoms with Crippen molar-refractivity contribution in [1.82, 2.24) is 9.78 Å². The molecule has 0 bridgehead atoms. The maximum atomic E-state index is 12.0. The van der Waals surface area contributed by atoms with Crippen LogP contribution in [0, 0.1) is 5.92 Å². The largest absolute Gasteiger partial charge is 0.383 e. The van der Waals surface area contributed by atoms with Gasteiger partial charge in [0.2, 0.25) is 0 Å². The van der Waals surface area contributed by atoms with Crippen molar-refractivity contribution in [2.45, 2.75) is 26.8 Å². The lowest BCUT2D eigenvalue weighted by Gasteiger charge is -2.13. The highest BCUT2D eigenvalue weighted by atomic mass is 79.9. The van der Waals surface area contributed by atoms with Crippen molar-refractivity contribution < 1.29 is 4.74 Å². The van der Waals surface area contributed by atoms with Gasteiger partial charge in [0.15, 0.2) is 0 Å². The quantitative estimate of drug-likeness (QED) is 0.836. The van der Waals surface area contributed by atoms with Gasteiger partial charge in [0.05, 0.1) is 25.0 Å². The summed E-state index contributed by atoms with van der Waals surface area (Å²) in [5, 5.41) is 7.35. The zero-order chi connectivity index (χ0) is 13.5. The maximum Gasteiger partial charge on any atom is 0.283 e. The topological polar surface area (TPSA) is 56.1 Å². The summed E-state index contributed by atoms with van der Waals surface area (Å²) in [6.07, 6.45) is 2.77. The zero-order valence-electron chi connectivity index (χ0n) is 11.1. The van der Waals surface area contributed by atoms with Crippen molar-refractivity contribution in [3.05, 3.63) is 21.0 Å². The van der Waals surface area contributed by atoms with Crippen LogP contribution in [0.1, 0.15) is 20.3 Å². The smallest absolute Gasteiger partial charge is 0.283 e. The molecule has 1 rings (SSSR count). The highest BCUT2D eigenvalue weighted by Gasteiger charge is 2.09. The Morgan fingerprint density at radius 2 is 2.33 bits per heavy atom. The summed E-state index contributed by atoms with van der Waals surface area (Å²) < 4.78 is 6.85. The van der Waals surface area contributed by atoms with Crippen LogP contribution in [-0.4, -0.2) is 30.0 Å². The lowest BCUT2D eigenvalue weighted by atomic mass is 10.1. The Morgan fingerprint density at radius 3 is 2.94 bits per heavy atom. The minimum absolute atomic E-state index is 0.138. The van der Waals surface area contributed by atoms with Crippen LogP contribution in [0.5, 0.6) is 0 Å². The number of ether oxygens (including phenoxy) is 1. The van der Waals surface area contributed by atoms with Gasteiger partial charge in [0.1, 0.15) is 4.47 Å². The van der Waals surface area contributed by atoms with Gasteiger partial charge in [-0.2, -0.15) is 5.10 Å². The molecule has 0 aromatic carbocycles. The predicted molar refractivity (Wildman–Crippen MR) is 76.0 cm³/mol. The lowest BCUT2D eigenvalue weighted by molar-refractivity contribution is 0.181. The summed E-state index contributed by atoms with van der Waals surface area (Å²) >= 11 is 3.32. The third-order valence-electron chi connectivity index (χ3n) is 2.83. The first kappa shape index (κ1) is 15.2. The molecule has 0 aliphatic rings. The van der Waals surface area contributed by atoms with E-state index in [0.717, 1.165) is 18.7 Å². The Kier molecular flexibility index (Phi) is 6.35. The first-order chi connectivity index (χ1) is 8.60. The summed E-state index contributed by atoms with van der Waals surface area (Å²) in [4.78, 5) is 12.0. The summed E-state index contributed by atoms with van der Waals surface area (Å²) in [5.41, 5.74) is 0.607. The molecule has 1 heterocycles. The number of rotatable bonds is 7. The number of aromatic nitrogens is 2. The third-order valence-corrected chi connectivity index (χ3v) is 3.60. The van der Waals surface area contributed by atoms with Gasteiger partial charge < -0.3 is 10.1 Å². The Labute approximate surface area is 116 Å². The lowest BCUT2D eigenvalue weighted by Crippen LogP contribution is -2.26. The monoisotopic (exact) mass is 317 g/mol. The van der Waals surface area contributed by atoms with E-state index in [9.17, 15) is 4.79 Å². The highest BCUT2D eigenvalue weighted by molar-refractivity contribution is 9.10. The molecule has 102 valence electrons. The van der Waals surface area contributed by atoms with Crippen molar-refractivity contribution in [3.63, 3.8) is 0 Å². The molecule has 0 saturated heterocycles. The van der Waals surface area contributed by atoms with E-state index in [4.69, 9.17) is 4.74 Å². The molecule has 5 nitrogen and oxygen atoms in total. The van der Waals surface area contributed by atoms with E-state index >= 15 is 0 Å². The van der Waals surface area contributed by atoms with Crippen LogP contribution >= 0.6 is 15.9 Å². The van der Waals surface area contributed by atoms with Crippen molar-refractivity contribution in [2.75, 3.05) is 25.6 Å². The SMILES string of the molecule is CCC(C)CNc1cnn(CCOC)c(=O)c1Br. The molecular weight excluding hydrogens is 298 g/mol. The first-order valence-corrected chi connectivity index (χ1v) is 6.87. The van der Waals surface area contributed by atoms with Crippen molar-refractivity contribution in [3.8, 4) is 0 Å². The predicted octanol–water partition coefficient (Wildman–Crippen LogP) is 2.11. The van der Waals surface area contributed by atoms with Gasteiger partial charge in [-0.3, -0.25) is 4.79 Å². The summed E-state index contributed by atoms with van der Waals surface area (Å²) in [6.45, 7) is 6.06. The van der Waals surface area contributed by atoms with Crippen LogP contribution in [0.2, 0.25) is 0 Å². The van der Waals surface area contributed by atoms with Crippen LogP contribution in [0.25, 0.3) is 0 Å². The Morgan fingerprint density at radius 1 is 1.61 bits per heavy atom. The van der Waals surface area contributed by atoms with E-state index in [2.05, 4.69) is 40.2 Å². The number of anilines is 1. The molecule has 0 aliphatic heterocycles. The highest BCUT2D eigenvalue weighted by Crippen LogP contribution is 2.16. The standard InChI is InChI=1S/C12H20BrN3O2/c1-4-9(2)7-14-10-8-15-16(5-6-18-3)12(17)11(10)13/h8-9,14H,4-7H2,1-3H3. The number of methoxy groups -OCH3 is 1. The molecule has 6 heteroatoms. The van der Waals surface area contributed by atoms with Crippen LogP contribution in [0.4, 0.5) is 5.69 Å². The van der Waals surface area contributed by atoms with E-state index in [0.29, 0.717) is 23.5 Å². The van der Waals surface area contributed by atoms with Crippen LogP contribution in [-0.2, 0) is 11.3 Å². The summed E-state index contributed by atoms with van der Waals surface area (Å²) in [7, 11) is 1.60. The fourth-order valence-electron chi connectivity index (χ4n) is 1.35. The number of nitrogens with zero attached hydrogens (tertiary/aromatic N) is 2. The van der Waals surface area contributed by atoms with Gasteiger partial charge in [-0.1, -0.05) is 20.3 Å². The minimum Gasteiger partial charge on any atom is -0.383 e. The van der Waals surface area contributed by atoms with Gasteiger partial charge in [-0.05, 0) is 21.8 Å². The van der Waals surface area contributed by atoms with Gasteiger partial charge in [-0.25, -0.2) is 4.68 Å². The second kappa shape index (κ2) is 7.53. The van der Waals surface area contributed by atoms with Gasteiger partial charge in [0, 0.05) is 13.7 Å². The molecule has 0 saturated carbocycles. The fourth-order valence-corrected chi connectivity index (χ4v) is 1.80. The van der Waals surface area contributed by atoms with E-state index in [1.807, 2.05) is 0 Å². The summed E-state index contributed by atoms with van der Waals surface area (Å²) in [6, 6.07) is 0. The van der Waals surface area contributed by atoms with Crippen molar-refractivity contribution in [1.29, 1.82) is 0 Å². The third kappa shape index (κ3) is 4.10. The molecule has 1 aromatic rings. The minimum atomic E-state index is -0.138. The number of halogens is 1. The Balaban J connectivity index is 2.77. The van der Waals surface area contributed by atoms with Crippen molar-refractivity contribution >= 4 is 21.6 Å². The average Bonchev–Trinajstić information content (AvgIpc) is 2.39. The zero-order valence-corrected chi connectivity index (χ0v) is 12.7. The summed E-state index contributed by atoms with van der Waals surface area (Å²) in [5.74, 6) is 0.563. The van der Waals surface area contributed by atoms with Crippen LogP contribution in [0.3, 0.4) is 0 Å². The fraction of sp³-hybridized carbons (Fsp3) is 0.667. The molecule has 0 spiro atoms. The average molecular weight is 318 g/mol. The normalized spacial score (nSPS) is 12.4. The van der Waals surface area contributed by atoms with E-state index < -0.39 is 0 Å². The molecule has 0 radical (unpaired) electrons. The van der Waals surface area contributed by atoms with Crippen LogP contribution in [0.15, 0.2) is 15.5 Å². The Bertz CT molecular complexity index is 434. The number of hydrogen-bond acceptors (Lipinski definition) is 4. The number of hydrogen-bond donors (Lipinski definition) is 1. The van der Waals surface area contributed by atoms with Gasteiger partial charge >= 0.3 is 0 Å². The van der Waals surface area contributed by atoms with E-state index in [1.54, 1.807) is 13.3 Å². The molecule has 0 aliphatic carbocycles. The molecule has 1 atom stereocenters. The number of nitrogens with one attached hydrogen (secondary N) is 1. The molecule has 1 N–H and O–H groups in total. The van der Waals surface area contributed by atoms with E-state index in [-0.39, 0.29) is 5.56 Å². The molecule has 0 fully saturated rings. The second-order valence-electron chi connectivity index (χ2n) is 4.29. The van der Waals surface area contributed by atoms with Crippen molar-refractivity contribution in [2.24, 2.45) is 5.92 Å². The second-order valence-corrected chi connectivity index (χ2v) is 5.08. The first-order valence-electron chi connectivity index (χ1n) is 6.08. The Hall–Kier alpha value is -0.880. The maximum absolute atomic E-state index is 12.0. The molecule has 0 amide bonds.